The monoisotopic (exact) mass is 257 g/mol. The van der Waals surface area contributed by atoms with Gasteiger partial charge in [0.1, 0.15) is 0 Å². The molecule has 0 aliphatic rings. The number of aryl methyl sites for hydroxylation is 1. The van der Waals surface area contributed by atoms with Gasteiger partial charge in [0.05, 0.1) is 12.8 Å². The molecule has 100 valence electrons. The summed E-state index contributed by atoms with van der Waals surface area (Å²) < 4.78 is 11.3. The molecule has 0 radical (unpaired) electrons. The summed E-state index contributed by atoms with van der Waals surface area (Å²) in [5.41, 5.74) is 2.18. The summed E-state index contributed by atoms with van der Waals surface area (Å²) in [4.78, 5) is 0. The van der Waals surface area contributed by atoms with Crippen molar-refractivity contribution < 1.29 is 9.47 Å². The molecule has 0 unspecified atom stereocenters. The lowest BCUT2D eigenvalue weighted by atomic mass is 10.1. The Kier molecular flexibility index (Phi) is 4.29. The van der Waals surface area contributed by atoms with Crippen molar-refractivity contribution in [3.63, 3.8) is 0 Å². The Morgan fingerprint density at radius 1 is 1.00 bits per heavy atom. The van der Waals surface area contributed by atoms with Gasteiger partial charge in [-0.1, -0.05) is 25.1 Å². The molecule has 0 aromatic heterocycles. The number of methoxy groups -OCH3 is 1. The van der Waals surface area contributed by atoms with Crippen molar-refractivity contribution in [3.8, 4) is 17.2 Å². The van der Waals surface area contributed by atoms with Gasteiger partial charge in [0.2, 0.25) is 0 Å². The highest BCUT2D eigenvalue weighted by atomic mass is 16.5. The molecule has 0 saturated carbocycles. The first kappa shape index (κ1) is 13.3. The molecule has 2 rings (SSSR count). The molecule has 0 amide bonds. The van der Waals surface area contributed by atoms with Crippen LogP contribution in [0.3, 0.4) is 0 Å². The van der Waals surface area contributed by atoms with Gasteiger partial charge in [-0.3, -0.25) is 0 Å². The van der Waals surface area contributed by atoms with Crippen molar-refractivity contribution in [1.82, 2.24) is 0 Å². The fourth-order valence-electron chi connectivity index (χ4n) is 1.90. The molecule has 0 aliphatic carbocycles. The van der Waals surface area contributed by atoms with Crippen LogP contribution in [0.1, 0.15) is 12.5 Å². The fraction of sp³-hybridized carbons (Fsp3) is 0.250. The van der Waals surface area contributed by atoms with Crippen molar-refractivity contribution in [2.75, 3.05) is 19.5 Å². The Bertz CT molecular complexity index is 552. The summed E-state index contributed by atoms with van der Waals surface area (Å²) in [6, 6.07) is 13.8. The van der Waals surface area contributed by atoms with Gasteiger partial charge in [-0.2, -0.15) is 0 Å². The van der Waals surface area contributed by atoms with Crippen molar-refractivity contribution in [2.45, 2.75) is 13.3 Å². The summed E-state index contributed by atoms with van der Waals surface area (Å²) in [5.74, 6) is 2.26. The highest BCUT2D eigenvalue weighted by Gasteiger charge is 2.08. The van der Waals surface area contributed by atoms with Crippen LogP contribution in [0, 0.1) is 0 Å². The molecule has 0 spiro atoms. The number of anilines is 1. The molecular formula is C16H19NO2. The Morgan fingerprint density at radius 2 is 1.79 bits per heavy atom. The second kappa shape index (κ2) is 6.14. The van der Waals surface area contributed by atoms with Crippen LogP contribution in [0.25, 0.3) is 0 Å². The van der Waals surface area contributed by atoms with E-state index < -0.39 is 0 Å². The molecule has 3 nitrogen and oxygen atoms in total. The molecule has 0 heterocycles. The zero-order valence-corrected chi connectivity index (χ0v) is 11.6. The summed E-state index contributed by atoms with van der Waals surface area (Å²) in [5, 5.41) is 3.11. The number of nitrogens with one attached hydrogen (secondary N) is 1. The lowest BCUT2D eigenvalue weighted by molar-refractivity contribution is 0.379. The van der Waals surface area contributed by atoms with E-state index in [1.165, 1.54) is 5.56 Å². The zero-order valence-electron chi connectivity index (χ0n) is 11.6. The standard InChI is InChI=1S/C16H19NO2/c1-4-12-9-10-15(16(11-12)18-3)19-14-8-6-5-7-13(14)17-2/h5-11,17H,4H2,1-3H3. The van der Waals surface area contributed by atoms with Gasteiger partial charge >= 0.3 is 0 Å². The third-order valence-electron chi connectivity index (χ3n) is 3.01. The van der Waals surface area contributed by atoms with Crippen molar-refractivity contribution in [2.24, 2.45) is 0 Å². The highest BCUT2D eigenvalue weighted by molar-refractivity contribution is 5.58. The number of para-hydroxylation sites is 2. The van der Waals surface area contributed by atoms with Crippen LogP contribution in [0.4, 0.5) is 5.69 Å². The lowest BCUT2D eigenvalue weighted by Gasteiger charge is -2.14. The molecule has 2 aromatic carbocycles. The summed E-state index contributed by atoms with van der Waals surface area (Å²) in [6.07, 6.45) is 0.976. The number of hydrogen-bond acceptors (Lipinski definition) is 3. The topological polar surface area (TPSA) is 30.5 Å². The number of rotatable bonds is 5. The molecule has 0 fully saturated rings. The van der Waals surface area contributed by atoms with Gasteiger partial charge in [-0.05, 0) is 36.2 Å². The first-order valence-corrected chi connectivity index (χ1v) is 6.40. The maximum absolute atomic E-state index is 5.93. The average Bonchev–Trinajstić information content (AvgIpc) is 2.48. The molecular weight excluding hydrogens is 238 g/mol. The van der Waals surface area contributed by atoms with Crippen LogP contribution in [0.15, 0.2) is 42.5 Å². The average molecular weight is 257 g/mol. The van der Waals surface area contributed by atoms with E-state index in [0.29, 0.717) is 0 Å². The maximum atomic E-state index is 5.93. The molecule has 0 aliphatic heterocycles. The third-order valence-corrected chi connectivity index (χ3v) is 3.01. The zero-order chi connectivity index (χ0) is 13.7. The van der Waals surface area contributed by atoms with Crippen LogP contribution in [-0.4, -0.2) is 14.2 Å². The maximum Gasteiger partial charge on any atom is 0.169 e. The van der Waals surface area contributed by atoms with Crippen molar-refractivity contribution in [1.29, 1.82) is 0 Å². The van der Waals surface area contributed by atoms with Gasteiger partial charge < -0.3 is 14.8 Å². The predicted molar refractivity (Wildman–Crippen MR) is 78.4 cm³/mol. The van der Waals surface area contributed by atoms with E-state index in [1.807, 2.05) is 43.4 Å². The SMILES string of the molecule is CCc1ccc(Oc2ccccc2NC)c(OC)c1. The second-order valence-electron chi connectivity index (χ2n) is 4.19. The molecule has 19 heavy (non-hydrogen) atoms. The van der Waals surface area contributed by atoms with Gasteiger partial charge in [-0.15, -0.1) is 0 Å². The predicted octanol–water partition coefficient (Wildman–Crippen LogP) is 4.09. The fourth-order valence-corrected chi connectivity index (χ4v) is 1.90. The van der Waals surface area contributed by atoms with Gasteiger partial charge in [0, 0.05) is 7.05 Å². The molecule has 0 saturated heterocycles. The third kappa shape index (κ3) is 2.99. The van der Waals surface area contributed by atoms with E-state index in [4.69, 9.17) is 9.47 Å². The van der Waals surface area contributed by atoms with E-state index >= 15 is 0 Å². The van der Waals surface area contributed by atoms with E-state index in [-0.39, 0.29) is 0 Å². The van der Waals surface area contributed by atoms with Gasteiger partial charge in [0.15, 0.2) is 17.2 Å². The Labute approximate surface area is 114 Å². The first-order chi connectivity index (χ1) is 9.28. The van der Waals surface area contributed by atoms with Crippen LogP contribution < -0.4 is 14.8 Å². The Hall–Kier alpha value is -2.16. The summed E-state index contributed by atoms with van der Waals surface area (Å²) >= 11 is 0. The van der Waals surface area contributed by atoms with Crippen LogP contribution in [-0.2, 0) is 6.42 Å². The van der Waals surface area contributed by atoms with Gasteiger partial charge in [0.25, 0.3) is 0 Å². The van der Waals surface area contributed by atoms with Crippen LogP contribution in [0.5, 0.6) is 17.2 Å². The van der Waals surface area contributed by atoms with E-state index in [0.717, 1.165) is 29.4 Å². The molecule has 2 aromatic rings. The summed E-state index contributed by atoms with van der Waals surface area (Å²) in [7, 11) is 3.53. The Balaban J connectivity index is 2.32. The number of ether oxygens (including phenoxy) is 2. The van der Waals surface area contributed by atoms with Crippen molar-refractivity contribution in [3.05, 3.63) is 48.0 Å². The quantitative estimate of drug-likeness (QED) is 0.875. The largest absolute Gasteiger partial charge is 0.493 e. The lowest BCUT2D eigenvalue weighted by Crippen LogP contribution is -1.95. The summed E-state index contributed by atoms with van der Waals surface area (Å²) in [6.45, 7) is 2.12. The van der Waals surface area contributed by atoms with Gasteiger partial charge in [-0.25, -0.2) is 0 Å². The van der Waals surface area contributed by atoms with Crippen LogP contribution in [0.2, 0.25) is 0 Å². The minimum absolute atomic E-state index is 0.724. The normalized spacial score (nSPS) is 10.1. The molecule has 0 atom stereocenters. The molecule has 0 bridgehead atoms. The first-order valence-electron chi connectivity index (χ1n) is 6.40. The Morgan fingerprint density at radius 3 is 2.47 bits per heavy atom. The number of benzene rings is 2. The molecule has 1 N–H and O–H groups in total. The smallest absolute Gasteiger partial charge is 0.169 e. The van der Waals surface area contributed by atoms with E-state index in [9.17, 15) is 0 Å². The highest BCUT2D eigenvalue weighted by Crippen LogP contribution is 2.35. The minimum Gasteiger partial charge on any atom is -0.493 e. The van der Waals surface area contributed by atoms with Crippen molar-refractivity contribution >= 4 is 5.69 Å². The minimum atomic E-state index is 0.724. The number of hydrogen-bond donors (Lipinski definition) is 1. The van der Waals surface area contributed by atoms with Crippen LogP contribution >= 0.6 is 0 Å². The second-order valence-corrected chi connectivity index (χ2v) is 4.19. The molecule has 3 heteroatoms. The van der Waals surface area contributed by atoms with E-state index in [1.54, 1.807) is 7.11 Å². The van der Waals surface area contributed by atoms with E-state index in [2.05, 4.69) is 18.3 Å².